The van der Waals surface area contributed by atoms with E-state index < -0.39 is 15.9 Å². The van der Waals surface area contributed by atoms with E-state index in [0.29, 0.717) is 23.0 Å². The van der Waals surface area contributed by atoms with Crippen LogP contribution in [0.2, 0.25) is 10.0 Å². The molecule has 158 valence electrons. The number of carbonyl (C=O) groups excluding carboxylic acids is 1. The van der Waals surface area contributed by atoms with Crippen molar-refractivity contribution in [2.75, 3.05) is 25.6 Å². The van der Waals surface area contributed by atoms with Crippen molar-refractivity contribution in [2.24, 2.45) is 0 Å². The molecule has 2 aromatic carbocycles. The van der Waals surface area contributed by atoms with E-state index >= 15 is 0 Å². The number of sulfonamides is 1. The van der Waals surface area contributed by atoms with E-state index in [1.165, 1.54) is 25.3 Å². The van der Waals surface area contributed by atoms with E-state index in [1.807, 2.05) is 6.92 Å². The molecule has 7 nitrogen and oxygen atoms in total. The first kappa shape index (κ1) is 23.3. The van der Waals surface area contributed by atoms with E-state index in [-0.39, 0.29) is 22.3 Å². The molecule has 0 saturated heterocycles. The molecule has 1 amide bonds. The predicted octanol–water partition coefficient (Wildman–Crippen LogP) is 4.10. The summed E-state index contributed by atoms with van der Waals surface area (Å²) in [5.41, 5.74) is 0.402. The van der Waals surface area contributed by atoms with Crippen molar-refractivity contribution in [1.29, 1.82) is 0 Å². The number of ether oxygens (including phenoxy) is 2. The van der Waals surface area contributed by atoms with Gasteiger partial charge in [0.2, 0.25) is 10.0 Å². The highest BCUT2D eigenvalue weighted by Gasteiger charge is 2.16. The van der Waals surface area contributed by atoms with Crippen LogP contribution in [0, 0.1) is 0 Å². The molecule has 0 radical (unpaired) electrons. The Hall–Kier alpha value is -2.00. The number of rotatable bonds is 10. The largest absolute Gasteiger partial charge is 0.495 e. The lowest BCUT2D eigenvalue weighted by Gasteiger charge is -2.12. The topological polar surface area (TPSA) is 93.7 Å². The van der Waals surface area contributed by atoms with Crippen LogP contribution in [0.1, 0.15) is 19.8 Å². The van der Waals surface area contributed by atoms with Gasteiger partial charge in [-0.1, -0.05) is 36.5 Å². The van der Waals surface area contributed by atoms with Crippen molar-refractivity contribution >= 4 is 44.8 Å². The molecule has 2 aromatic rings. The molecule has 0 aliphatic rings. The number of carbonyl (C=O) groups is 1. The van der Waals surface area contributed by atoms with Gasteiger partial charge in [-0.2, -0.15) is 0 Å². The van der Waals surface area contributed by atoms with Gasteiger partial charge in [-0.05, 0) is 42.8 Å². The first-order valence-corrected chi connectivity index (χ1v) is 11.1. The number of anilines is 1. The van der Waals surface area contributed by atoms with Crippen LogP contribution in [0.25, 0.3) is 0 Å². The normalized spacial score (nSPS) is 11.2. The molecular formula is C19H22Cl2N2O5S. The van der Waals surface area contributed by atoms with Gasteiger partial charge in [0.25, 0.3) is 5.91 Å². The van der Waals surface area contributed by atoms with Crippen LogP contribution in [0.15, 0.2) is 41.3 Å². The maximum atomic E-state index is 12.2. The molecule has 0 heterocycles. The number of halogens is 2. The Bertz CT molecular complexity index is 967. The average Bonchev–Trinajstić information content (AvgIpc) is 2.67. The summed E-state index contributed by atoms with van der Waals surface area (Å²) in [4.78, 5) is 12.2. The number of hydrogen-bond acceptors (Lipinski definition) is 5. The van der Waals surface area contributed by atoms with Gasteiger partial charge in [0.15, 0.2) is 6.61 Å². The molecule has 0 fully saturated rings. The number of benzene rings is 2. The van der Waals surface area contributed by atoms with Gasteiger partial charge in [-0.15, -0.1) is 0 Å². The zero-order valence-corrected chi connectivity index (χ0v) is 18.3. The second-order valence-electron chi connectivity index (χ2n) is 6.03. The molecule has 29 heavy (non-hydrogen) atoms. The molecule has 2 rings (SSSR count). The third-order valence-corrected chi connectivity index (χ3v) is 5.82. The van der Waals surface area contributed by atoms with Crippen LogP contribution in [0.4, 0.5) is 5.69 Å². The fraction of sp³-hybridized carbons (Fsp3) is 0.316. The molecule has 0 unspecified atom stereocenters. The van der Waals surface area contributed by atoms with E-state index in [1.54, 1.807) is 18.2 Å². The minimum atomic E-state index is -3.65. The first-order valence-electron chi connectivity index (χ1n) is 8.82. The Morgan fingerprint density at radius 3 is 2.48 bits per heavy atom. The third kappa shape index (κ3) is 6.78. The fourth-order valence-electron chi connectivity index (χ4n) is 2.34. The molecule has 10 heteroatoms. The third-order valence-electron chi connectivity index (χ3n) is 3.83. The Balaban J connectivity index is 2.01. The van der Waals surface area contributed by atoms with Crippen LogP contribution in [-0.4, -0.2) is 34.6 Å². The first-order chi connectivity index (χ1) is 13.8. The number of amides is 1. The van der Waals surface area contributed by atoms with Crippen molar-refractivity contribution < 1.29 is 22.7 Å². The Kier molecular flexibility index (Phi) is 8.58. The monoisotopic (exact) mass is 460 g/mol. The lowest BCUT2D eigenvalue weighted by Crippen LogP contribution is -2.24. The number of unbranched alkanes of at least 4 members (excludes halogenated alkanes) is 1. The molecule has 2 N–H and O–H groups in total. The lowest BCUT2D eigenvalue weighted by molar-refractivity contribution is -0.118. The highest BCUT2D eigenvalue weighted by Crippen LogP contribution is 2.29. The molecule has 0 aromatic heterocycles. The van der Waals surface area contributed by atoms with Crippen LogP contribution >= 0.6 is 23.2 Å². The van der Waals surface area contributed by atoms with Gasteiger partial charge in [0.1, 0.15) is 11.5 Å². The van der Waals surface area contributed by atoms with Crippen molar-refractivity contribution in [2.45, 2.75) is 24.7 Å². The minimum absolute atomic E-state index is 0.0269. The summed E-state index contributed by atoms with van der Waals surface area (Å²) >= 11 is 12.1. The number of nitrogens with one attached hydrogen (secondary N) is 2. The molecule has 0 spiro atoms. The minimum Gasteiger partial charge on any atom is -0.495 e. The second kappa shape index (κ2) is 10.7. The summed E-state index contributed by atoms with van der Waals surface area (Å²) in [6.07, 6.45) is 1.61. The number of methoxy groups -OCH3 is 1. The maximum Gasteiger partial charge on any atom is 0.262 e. The summed E-state index contributed by atoms with van der Waals surface area (Å²) in [6, 6.07) is 8.87. The highest BCUT2D eigenvalue weighted by molar-refractivity contribution is 7.89. The van der Waals surface area contributed by atoms with E-state index in [0.717, 1.165) is 12.8 Å². The van der Waals surface area contributed by atoms with Crippen molar-refractivity contribution in [3.05, 3.63) is 46.4 Å². The Morgan fingerprint density at radius 2 is 1.83 bits per heavy atom. The van der Waals surface area contributed by atoms with Gasteiger partial charge >= 0.3 is 0 Å². The summed E-state index contributed by atoms with van der Waals surface area (Å²) in [5.74, 6) is 0.179. The lowest BCUT2D eigenvalue weighted by atomic mass is 10.3. The van der Waals surface area contributed by atoms with Gasteiger partial charge in [-0.3, -0.25) is 4.79 Å². The van der Waals surface area contributed by atoms with Gasteiger partial charge in [-0.25, -0.2) is 13.1 Å². The Labute approximate surface area is 180 Å². The summed E-state index contributed by atoms with van der Waals surface area (Å²) in [7, 11) is -2.18. The van der Waals surface area contributed by atoms with Gasteiger partial charge in [0, 0.05) is 11.6 Å². The maximum absolute atomic E-state index is 12.2. The van der Waals surface area contributed by atoms with Crippen molar-refractivity contribution in [3.8, 4) is 11.5 Å². The SMILES string of the molecule is CCCCNS(=O)(=O)c1ccc(OCC(=O)Nc2cc(Cl)ccc2OC)c(Cl)c1. The standard InChI is InChI=1S/C19H22Cl2N2O5S/c1-3-4-9-22-29(25,26)14-6-8-17(15(21)11-14)28-12-19(24)23-16-10-13(20)5-7-18(16)27-2/h5-8,10-11,22H,3-4,9,12H2,1-2H3,(H,23,24). The average molecular weight is 461 g/mol. The summed E-state index contributed by atoms with van der Waals surface area (Å²) in [5, 5.41) is 3.15. The highest BCUT2D eigenvalue weighted by atomic mass is 35.5. The van der Waals surface area contributed by atoms with E-state index in [2.05, 4.69) is 10.0 Å². The van der Waals surface area contributed by atoms with E-state index in [9.17, 15) is 13.2 Å². The quantitative estimate of drug-likeness (QED) is 0.520. The zero-order chi connectivity index (χ0) is 21.4. The zero-order valence-electron chi connectivity index (χ0n) is 16.0. The smallest absolute Gasteiger partial charge is 0.262 e. The molecule has 0 saturated carbocycles. The van der Waals surface area contributed by atoms with Crippen molar-refractivity contribution in [3.63, 3.8) is 0 Å². The van der Waals surface area contributed by atoms with Crippen molar-refractivity contribution in [1.82, 2.24) is 4.72 Å². The fourth-order valence-corrected chi connectivity index (χ4v) is 3.91. The van der Waals surface area contributed by atoms with Crippen LogP contribution in [0.5, 0.6) is 11.5 Å². The van der Waals surface area contributed by atoms with Gasteiger partial charge in [0.05, 0.1) is 22.7 Å². The molecule has 0 atom stereocenters. The van der Waals surface area contributed by atoms with Crippen LogP contribution in [-0.2, 0) is 14.8 Å². The summed E-state index contributed by atoms with van der Waals surface area (Å²) in [6.45, 7) is 1.98. The van der Waals surface area contributed by atoms with E-state index in [4.69, 9.17) is 32.7 Å². The van der Waals surface area contributed by atoms with Crippen LogP contribution in [0.3, 0.4) is 0 Å². The number of hydrogen-bond donors (Lipinski definition) is 2. The molecule has 0 bridgehead atoms. The van der Waals surface area contributed by atoms with Gasteiger partial charge < -0.3 is 14.8 Å². The summed E-state index contributed by atoms with van der Waals surface area (Å²) < 4.78 is 37.5. The predicted molar refractivity (Wildman–Crippen MR) is 114 cm³/mol. The molecular weight excluding hydrogens is 439 g/mol. The molecule has 0 aliphatic carbocycles. The molecule has 0 aliphatic heterocycles. The Morgan fingerprint density at radius 1 is 1.10 bits per heavy atom. The second-order valence-corrected chi connectivity index (χ2v) is 8.64. The van der Waals surface area contributed by atoms with Crippen LogP contribution < -0.4 is 19.5 Å².